The molecule has 0 aliphatic carbocycles. The van der Waals surface area contributed by atoms with E-state index in [1.54, 1.807) is 28.1 Å². The van der Waals surface area contributed by atoms with Crippen LogP contribution in [0.15, 0.2) is 54.0 Å². The molecule has 0 saturated carbocycles. The maximum atomic E-state index is 15.2. The molecule has 0 spiro atoms. The summed E-state index contributed by atoms with van der Waals surface area (Å²) < 4.78 is 16.6. The number of benzene rings is 1. The van der Waals surface area contributed by atoms with Gasteiger partial charge in [-0.15, -0.1) is 0 Å². The molecule has 1 aliphatic heterocycles. The summed E-state index contributed by atoms with van der Waals surface area (Å²) in [5.41, 5.74) is 7.62. The second-order valence-corrected chi connectivity index (χ2v) is 11.5. The van der Waals surface area contributed by atoms with E-state index in [-0.39, 0.29) is 76.7 Å². The van der Waals surface area contributed by atoms with Gasteiger partial charge in [-0.25, -0.2) is 9.37 Å². The van der Waals surface area contributed by atoms with Gasteiger partial charge >= 0.3 is 0 Å². The zero-order chi connectivity index (χ0) is 32.6. The lowest BCUT2D eigenvalue weighted by Gasteiger charge is -2.42. The van der Waals surface area contributed by atoms with Crippen LogP contribution in [0.4, 0.5) is 15.8 Å². The molecule has 3 aromatic heterocycles. The minimum Gasteiger partial charge on any atom is -0.398 e. The predicted molar refractivity (Wildman–Crippen MR) is 172 cm³/mol. The van der Waals surface area contributed by atoms with Gasteiger partial charge in [0.05, 0.1) is 51.9 Å². The van der Waals surface area contributed by atoms with Crippen LogP contribution in [0.2, 0.25) is 5.02 Å². The number of aromatic nitrogens is 3. The third-order valence-corrected chi connectivity index (χ3v) is 8.27. The highest BCUT2D eigenvalue weighted by Crippen LogP contribution is 2.39. The molecule has 1 unspecified atom stereocenters. The summed E-state index contributed by atoms with van der Waals surface area (Å²) in [5.74, 6) is -1.07. The number of carbonyl (C=O) groups excluding carboxylic acids is 1. The summed E-state index contributed by atoms with van der Waals surface area (Å²) in [4.78, 5) is 39.8. The normalized spacial score (nSPS) is 14.8. The average Bonchev–Trinajstić information content (AvgIpc) is 3.01. The molecule has 4 heterocycles. The first kappa shape index (κ1) is 31.2. The minimum atomic E-state index is -0.651. The fraction of sp³-hybridized carbons (Fsp3) is 0.273. The number of hydrogen-bond acceptors (Lipinski definition) is 8. The third kappa shape index (κ3) is 5.36. The van der Waals surface area contributed by atoms with Gasteiger partial charge < -0.3 is 15.5 Å². The van der Waals surface area contributed by atoms with Crippen molar-refractivity contribution in [3.63, 3.8) is 0 Å². The van der Waals surface area contributed by atoms with Crippen LogP contribution in [0, 0.1) is 35.4 Å². The van der Waals surface area contributed by atoms with Crippen molar-refractivity contribution in [2.45, 2.75) is 39.2 Å². The number of hydrogen-bond donors (Lipinski definition) is 1. The molecule has 228 valence electrons. The Morgan fingerprint density at radius 1 is 1.27 bits per heavy atom. The van der Waals surface area contributed by atoms with E-state index in [9.17, 15) is 20.1 Å². The first-order valence-corrected chi connectivity index (χ1v) is 14.7. The number of anilines is 2. The number of nitrogen functional groups attached to an aromatic ring is 1. The van der Waals surface area contributed by atoms with E-state index in [0.29, 0.717) is 22.3 Å². The molecule has 2 N–H and O–H groups in total. The number of aryl methyl sites for hydroxylation is 1. The van der Waals surface area contributed by atoms with Crippen molar-refractivity contribution in [1.82, 2.24) is 19.4 Å². The number of amides is 1. The highest BCUT2D eigenvalue weighted by molar-refractivity contribution is 6.34. The molecule has 1 amide bonds. The number of carbonyl (C=O) groups is 1. The Labute approximate surface area is 264 Å². The van der Waals surface area contributed by atoms with Crippen molar-refractivity contribution in [1.29, 1.82) is 10.5 Å². The number of nitrogens with two attached hydrogens (primary N) is 1. The zero-order valence-corrected chi connectivity index (χ0v) is 25.8. The Morgan fingerprint density at radius 2 is 2.02 bits per heavy atom. The monoisotopic (exact) mass is 624 g/mol. The predicted octanol–water partition coefficient (Wildman–Crippen LogP) is 5.24. The number of rotatable bonds is 6. The lowest BCUT2D eigenvalue weighted by molar-refractivity contribution is -0.128. The molecule has 45 heavy (non-hydrogen) atoms. The van der Waals surface area contributed by atoms with Crippen molar-refractivity contribution < 1.29 is 9.18 Å². The van der Waals surface area contributed by atoms with E-state index in [0.717, 1.165) is 0 Å². The highest BCUT2D eigenvalue weighted by Gasteiger charge is 2.34. The summed E-state index contributed by atoms with van der Waals surface area (Å²) in [6, 6.07) is 11.2. The fourth-order valence-electron chi connectivity index (χ4n) is 5.90. The topological polar surface area (TPSA) is 145 Å². The first-order chi connectivity index (χ1) is 21.5. The van der Waals surface area contributed by atoms with E-state index < -0.39 is 17.4 Å². The standard InChI is InChI=1S/C33H30ClFN8O2/c1-5-26(44)42-14-13-41(17-20(42)9-11-36)31-21-15-23(34)29(27-24(35)7-6-8-25(27)38)40-32(21)43(33(45)22(31)16-37)30-19(4)10-12-39-28(30)18(2)3/h5-8,10,12,15,18,20H,1,9,13-14,17,38H2,2-4H3. The van der Waals surface area contributed by atoms with Gasteiger partial charge in [0.1, 0.15) is 23.1 Å². The smallest absolute Gasteiger partial charge is 0.276 e. The minimum absolute atomic E-state index is 0.0214. The lowest BCUT2D eigenvalue weighted by atomic mass is 10.0. The summed E-state index contributed by atoms with van der Waals surface area (Å²) >= 11 is 6.81. The molecular weight excluding hydrogens is 595 g/mol. The molecule has 1 atom stereocenters. The summed E-state index contributed by atoms with van der Waals surface area (Å²) in [6.07, 6.45) is 2.87. The average molecular weight is 625 g/mol. The SMILES string of the molecule is C=CC(=O)N1CCN(c2c(C#N)c(=O)n(-c3c(C)ccnc3C(C)C)c3nc(-c4c(N)cccc4F)c(Cl)cc23)CC1CC#N. The maximum absolute atomic E-state index is 15.2. The van der Waals surface area contributed by atoms with E-state index in [2.05, 4.69) is 23.7 Å². The van der Waals surface area contributed by atoms with Crippen LogP contribution in [0.5, 0.6) is 0 Å². The molecule has 1 aromatic carbocycles. The number of fused-ring (bicyclic) bond motifs is 1. The molecular formula is C33H30ClFN8O2. The Hall–Kier alpha value is -5.26. The van der Waals surface area contributed by atoms with Crippen LogP contribution in [0.25, 0.3) is 28.0 Å². The number of piperazine rings is 1. The summed E-state index contributed by atoms with van der Waals surface area (Å²) in [5, 5.41) is 20.4. The molecule has 12 heteroatoms. The molecule has 10 nitrogen and oxygen atoms in total. The molecule has 4 aromatic rings. The lowest BCUT2D eigenvalue weighted by Crippen LogP contribution is -2.55. The van der Waals surface area contributed by atoms with Gasteiger partial charge in [-0.1, -0.05) is 38.1 Å². The largest absolute Gasteiger partial charge is 0.398 e. The third-order valence-electron chi connectivity index (χ3n) is 7.98. The molecule has 0 bridgehead atoms. The molecule has 1 saturated heterocycles. The van der Waals surface area contributed by atoms with Crippen LogP contribution >= 0.6 is 11.6 Å². The van der Waals surface area contributed by atoms with Crippen LogP contribution in [0.1, 0.15) is 43.0 Å². The van der Waals surface area contributed by atoms with Crippen LogP contribution in [-0.4, -0.2) is 51.0 Å². The fourth-order valence-corrected chi connectivity index (χ4v) is 6.15. The molecule has 0 radical (unpaired) electrons. The summed E-state index contributed by atoms with van der Waals surface area (Å²) in [7, 11) is 0. The second kappa shape index (κ2) is 12.4. The van der Waals surface area contributed by atoms with Crippen molar-refractivity contribution in [2.75, 3.05) is 30.3 Å². The summed E-state index contributed by atoms with van der Waals surface area (Å²) in [6.45, 7) is 9.90. The Balaban J connectivity index is 1.90. The van der Waals surface area contributed by atoms with Crippen LogP contribution in [0.3, 0.4) is 0 Å². The number of halogens is 2. The Morgan fingerprint density at radius 3 is 2.67 bits per heavy atom. The van der Waals surface area contributed by atoms with Gasteiger partial charge in [-0.2, -0.15) is 10.5 Å². The van der Waals surface area contributed by atoms with Crippen LogP contribution in [-0.2, 0) is 4.79 Å². The zero-order valence-electron chi connectivity index (χ0n) is 25.0. The second-order valence-electron chi connectivity index (χ2n) is 11.1. The van der Waals surface area contributed by atoms with E-state index in [4.69, 9.17) is 22.3 Å². The molecule has 1 fully saturated rings. The first-order valence-electron chi connectivity index (χ1n) is 14.3. The van der Waals surface area contributed by atoms with E-state index in [1.165, 1.54) is 28.8 Å². The quantitative estimate of drug-likeness (QED) is 0.226. The number of nitrogens with zero attached hydrogens (tertiary/aromatic N) is 7. The van der Waals surface area contributed by atoms with Crippen molar-refractivity contribution in [3.8, 4) is 29.1 Å². The van der Waals surface area contributed by atoms with Gasteiger partial charge in [0, 0.05) is 36.9 Å². The van der Waals surface area contributed by atoms with Gasteiger partial charge in [0.2, 0.25) is 5.91 Å². The number of pyridine rings is 3. The van der Waals surface area contributed by atoms with Crippen molar-refractivity contribution >= 4 is 39.9 Å². The van der Waals surface area contributed by atoms with Gasteiger partial charge in [-0.05, 0) is 48.7 Å². The Bertz CT molecular complexity index is 1990. The highest BCUT2D eigenvalue weighted by atomic mass is 35.5. The maximum Gasteiger partial charge on any atom is 0.276 e. The van der Waals surface area contributed by atoms with E-state index >= 15 is 4.39 Å². The van der Waals surface area contributed by atoms with Crippen LogP contribution < -0.4 is 16.2 Å². The van der Waals surface area contributed by atoms with Gasteiger partial charge in [0.15, 0.2) is 0 Å². The number of nitriles is 2. The van der Waals surface area contributed by atoms with Crippen molar-refractivity contribution in [2.24, 2.45) is 0 Å². The molecule has 5 rings (SSSR count). The Kier molecular flexibility index (Phi) is 8.58. The van der Waals surface area contributed by atoms with Gasteiger partial charge in [0.25, 0.3) is 5.56 Å². The van der Waals surface area contributed by atoms with E-state index in [1.807, 2.05) is 20.8 Å². The molecule has 1 aliphatic rings. The van der Waals surface area contributed by atoms with Crippen molar-refractivity contribution in [3.05, 3.63) is 87.2 Å². The van der Waals surface area contributed by atoms with Gasteiger partial charge in [-0.3, -0.25) is 19.1 Å².